The van der Waals surface area contributed by atoms with Gasteiger partial charge in [-0.25, -0.2) is 0 Å². The van der Waals surface area contributed by atoms with Crippen LogP contribution in [-0.4, -0.2) is 49.8 Å². The average Bonchev–Trinajstić information content (AvgIpc) is 2.16. The normalized spacial score (nSPS) is 27.9. The molecule has 1 aliphatic heterocycles. The van der Waals surface area contributed by atoms with E-state index in [0.717, 1.165) is 26.2 Å². The number of ether oxygens (including phenoxy) is 1. The summed E-state index contributed by atoms with van der Waals surface area (Å²) in [5.74, 6) is 0. The molecule has 0 aromatic rings. The van der Waals surface area contributed by atoms with Crippen LogP contribution in [-0.2, 0) is 4.74 Å². The third kappa shape index (κ3) is 2.94. The largest absolute Gasteiger partial charge is 0.383 e. The highest BCUT2D eigenvalue weighted by molar-refractivity contribution is 4.92. The summed E-state index contributed by atoms with van der Waals surface area (Å²) >= 11 is 0. The van der Waals surface area contributed by atoms with Crippen molar-refractivity contribution in [2.24, 2.45) is 0 Å². The summed E-state index contributed by atoms with van der Waals surface area (Å²) in [7, 11) is 1.77. The average molecular weight is 200 g/mol. The summed E-state index contributed by atoms with van der Waals surface area (Å²) in [4.78, 5) is 2.53. The van der Waals surface area contributed by atoms with E-state index in [1.165, 1.54) is 6.42 Å². The Kier molecular flexibility index (Phi) is 4.35. The van der Waals surface area contributed by atoms with Crippen molar-refractivity contribution in [2.45, 2.75) is 38.8 Å². The molecule has 1 rings (SSSR count). The lowest BCUT2D eigenvalue weighted by molar-refractivity contribution is 0.0394. The highest BCUT2D eigenvalue weighted by Crippen LogP contribution is 2.18. The Labute approximate surface area is 87.8 Å². The van der Waals surface area contributed by atoms with Crippen LogP contribution in [0.4, 0.5) is 0 Å². The summed E-state index contributed by atoms with van der Waals surface area (Å²) in [6.45, 7) is 10.9. The van der Waals surface area contributed by atoms with E-state index in [-0.39, 0.29) is 5.54 Å². The van der Waals surface area contributed by atoms with Crippen LogP contribution in [0.3, 0.4) is 0 Å². The summed E-state index contributed by atoms with van der Waals surface area (Å²) in [6, 6.07) is 0.653. The zero-order valence-corrected chi connectivity index (χ0v) is 9.97. The van der Waals surface area contributed by atoms with Crippen LogP contribution in [0.25, 0.3) is 0 Å². The van der Waals surface area contributed by atoms with E-state index in [4.69, 9.17) is 4.74 Å². The quantitative estimate of drug-likeness (QED) is 0.735. The van der Waals surface area contributed by atoms with Crippen LogP contribution in [0.5, 0.6) is 0 Å². The second-order valence-corrected chi connectivity index (χ2v) is 4.74. The van der Waals surface area contributed by atoms with Crippen LogP contribution in [0.1, 0.15) is 27.2 Å². The molecular weight excluding hydrogens is 176 g/mol. The number of piperazine rings is 1. The monoisotopic (exact) mass is 200 g/mol. The summed E-state index contributed by atoms with van der Waals surface area (Å²) in [6.07, 6.45) is 1.21. The highest BCUT2D eigenvalue weighted by atomic mass is 16.5. The minimum atomic E-state index is 0.268. The van der Waals surface area contributed by atoms with E-state index >= 15 is 0 Å². The Balaban J connectivity index is 2.48. The molecule has 1 N–H and O–H groups in total. The number of rotatable bonds is 4. The minimum Gasteiger partial charge on any atom is -0.383 e. The standard InChI is InChI=1S/C11H24N2O/c1-5-10-8-13(6-7-14-4)11(2,3)9-12-10/h10,12H,5-9H2,1-4H3. The van der Waals surface area contributed by atoms with Crippen LogP contribution >= 0.6 is 0 Å². The molecule has 0 spiro atoms. The first-order chi connectivity index (χ1) is 6.60. The molecule has 0 saturated carbocycles. The molecule has 0 aromatic heterocycles. The number of hydrogen-bond acceptors (Lipinski definition) is 3. The summed E-state index contributed by atoms with van der Waals surface area (Å²) in [5, 5.41) is 3.58. The number of nitrogens with zero attached hydrogens (tertiary/aromatic N) is 1. The maximum absolute atomic E-state index is 5.14. The summed E-state index contributed by atoms with van der Waals surface area (Å²) < 4.78 is 5.14. The van der Waals surface area contributed by atoms with E-state index in [1.54, 1.807) is 7.11 Å². The van der Waals surface area contributed by atoms with Crippen LogP contribution in [0, 0.1) is 0 Å². The van der Waals surface area contributed by atoms with Crippen molar-refractivity contribution >= 4 is 0 Å². The smallest absolute Gasteiger partial charge is 0.0589 e. The molecule has 0 bridgehead atoms. The Hall–Kier alpha value is -0.120. The first kappa shape index (κ1) is 12.0. The third-order valence-corrected chi connectivity index (χ3v) is 3.18. The zero-order chi connectivity index (χ0) is 10.6. The first-order valence-corrected chi connectivity index (χ1v) is 5.57. The van der Waals surface area contributed by atoms with Gasteiger partial charge in [-0.3, -0.25) is 4.90 Å². The molecule has 84 valence electrons. The Bertz CT molecular complexity index is 171. The van der Waals surface area contributed by atoms with E-state index < -0.39 is 0 Å². The molecule has 1 saturated heterocycles. The van der Waals surface area contributed by atoms with Gasteiger partial charge in [-0.2, -0.15) is 0 Å². The van der Waals surface area contributed by atoms with Crippen molar-refractivity contribution in [3.63, 3.8) is 0 Å². The maximum atomic E-state index is 5.14. The number of methoxy groups -OCH3 is 1. The van der Waals surface area contributed by atoms with Crippen molar-refractivity contribution in [1.29, 1.82) is 0 Å². The van der Waals surface area contributed by atoms with E-state index in [9.17, 15) is 0 Å². The lowest BCUT2D eigenvalue weighted by atomic mass is 9.96. The van der Waals surface area contributed by atoms with Gasteiger partial charge in [0, 0.05) is 38.3 Å². The van der Waals surface area contributed by atoms with Crippen LogP contribution in [0.15, 0.2) is 0 Å². The lowest BCUT2D eigenvalue weighted by Crippen LogP contribution is -2.62. The second-order valence-electron chi connectivity index (χ2n) is 4.74. The number of nitrogens with one attached hydrogen (secondary N) is 1. The lowest BCUT2D eigenvalue weighted by Gasteiger charge is -2.46. The molecule has 1 heterocycles. The molecular formula is C11H24N2O. The van der Waals surface area contributed by atoms with Gasteiger partial charge in [0.2, 0.25) is 0 Å². The van der Waals surface area contributed by atoms with Crippen molar-refractivity contribution in [2.75, 3.05) is 33.4 Å². The predicted molar refractivity (Wildman–Crippen MR) is 59.6 cm³/mol. The topological polar surface area (TPSA) is 24.5 Å². The molecule has 0 radical (unpaired) electrons. The molecule has 0 aliphatic carbocycles. The van der Waals surface area contributed by atoms with Crippen molar-refractivity contribution in [3.05, 3.63) is 0 Å². The predicted octanol–water partition coefficient (Wildman–Crippen LogP) is 1.10. The summed E-state index contributed by atoms with van der Waals surface area (Å²) in [5.41, 5.74) is 0.268. The maximum Gasteiger partial charge on any atom is 0.0589 e. The molecule has 1 fully saturated rings. The van der Waals surface area contributed by atoms with Gasteiger partial charge in [0.25, 0.3) is 0 Å². The molecule has 1 aliphatic rings. The Morgan fingerprint density at radius 1 is 1.50 bits per heavy atom. The van der Waals surface area contributed by atoms with Crippen molar-refractivity contribution in [1.82, 2.24) is 10.2 Å². The fourth-order valence-corrected chi connectivity index (χ4v) is 1.95. The van der Waals surface area contributed by atoms with Gasteiger partial charge in [0.05, 0.1) is 6.61 Å². The van der Waals surface area contributed by atoms with Gasteiger partial charge in [-0.15, -0.1) is 0 Å². The second kappa shape index (κ2) is 5.10. The van der Waals surface area contributed by atoms with Crippen LogP contribution in [0.2, 0.25) is 0 Å². The fourth-order valence-electron chi connectivity index (χ4n) is 1.95. The molecule has 14 heavy (non-hydrogen) atoms. The van der Waals surface area contributed by atoms with Gasteiger partial charge >= 0.3 is 0 Å². The first-order valence-electron chi connectivity index (χ1n) is 5.57. The van der Waals surface area contributed by atoms with E-state index in [0.29, 0.717) is 6.04 Å². The van der Waals surface area contributed by atoms with Gasteiger partial charge in [-0.1, -0.05) is 6.92 Å². The number of hydrogen-bond donors (Lipinski definition) is 1. The molecule has 3 nitrogen and oxygen atoms in total. The van der Waals surface area contributed by atoms with Gasteiger partial charge in [0.1, 0.15) is 0 Å². The Morgan fingerprint density at radius 3 is 2.79 bits per heavy atom. The molecule has 0 aromatic carbocycles. The van der Waals surface area contributed by atoms with Gasteiger partial charge in [0.15, 0.2) is 0 Å². The molecule has 1 unspecified atom stereocenters. The van der Waals surface area contributed by atoms with Crippen molar-refractivity contribution < 1.29 is 4.74 Å². The van der Waals surface area contributed by atoms with Crippen LogP contribution < -0.4 is 5.32 Å². The highest BCUT2D eigenvalue weighted by Gasteiger charge is 2.32. The molecule has 0 amide bonds. The fraction of sp³-hybridized carbons (Fsp3) is 1.00. The molecule has 1 atom stereocenters. The van der Waals surface area contributed by atoms with Gasteiger partial charge < -0.3 is 10.1 Å². The zero-order valence-electron chi connectivity index (χ0n) is 9.97. The molecule has 3 heteroatoms. The Morgan fingerprint density at radius 2 is 2.21 bits per heavy atom. The third-order valence-electron chi connectivity index (χ3n) is 3.18. The van der Waals surface area contributed by atoms with E-state index in [1.807, 2.05) is 0 Å². The minimum absolute atomic E-state index is 0.268. The van der Waals surface area contributed by atoms with Crippen molar-refractivity contribution in [3.8, 4) is 0 Å². The SMILES string of the molecule is CCC1CN(CCOC)C(C)(C)CN1. The van der Waals surface area contributed by atoms with E-state index in [2.05, 4.69) is 31.0 Å². The van der Waals surface area contributed by atoms with Gasteiger partial charge in [-0.05, 0) is 20.3 Å².